The zero-order valence-electron chi connectivity index (χ0n) is 23.7. The Morgan fingerprint density at radius 2 is 1.16 bits per heavy atom. The maximum absolute atomic E-state index is 4.93. The summed E-state index contributed by atoms with van der Waals surface area (Å²) in [6, 6.07) is 38.1. The van der Waals surface area contributed by atoms with Gasteiger partial charge in [0, 0.05) is 39.5 Å². The van der Waals surface area contributed by atoms with Gasteiger partial charge in [-0.3, -0.25) is 0 Å². The zero-order valence-corrected chi connectivity index (χ0v) is 23.7. The van der Waals surface area contributed by atoms with Gasteiger partial charge in [-0.15, -0.1) is 0 Å². The number of hydrogen-bond acceptors (Lipinski definition) is 4. The van der Waals surface area contributed by atoms with Crippen LogP contribution in [0.3, 0.4) is 0 Å². The van der Waals surface area contributed by atoms with Crippen molar-refractivity contribution in [1.82, 2.24) is 15.0 Å². The minimum absolute atomic E-state index is 0.272. The van der Waals surface area contributed by atoms with Crippen LogP contribution < -0.4 is 4.90 Å². The summed E-state index contributed by atoms with van der Waals surface area (Å²) < 4.78 is 0. The molecule has 4 nitrogen and oxygen atoms in total. The Hall–Kier alpha value is -5.35. The zero-order chi connectivity index (χ0) is 28.6. The Morgan fingerprint density at radius 1 is 0.558 bits per heavy atom. The molecule has 0 N–H and O–H groups in total. The Balaban J connectivity index is 1.19. The molecule has 2 heterocycles. The maximum atomic E-state index is 4.93. The molecule has 2 unspecified atom stereocenters. The summed E-state index contributed by atoms with van der Waals surface area (Å²) >= 11 is 0. The Bertz CT molecular complexity index is 1860. The van der Waals surface area contributed by atoms with Crippen LogP contribution in [0.4, 0.5) is 11.4 Å². The summed E-state index contributed by atoms with van der Waals surface area (Å²) in [7, 11) is 0. The van der Waals surface area contributed by atoms with Crippen LogP contribution in [0.1, 0.15) is 18.4 Å². The summed E-state index contributed by atoms with van der Waals surface area (Å²) in [6.07, 6.45) is 15.7. The molecule has 1 aliphatic heterocycles. The molecule has 4 aromatic carbocycles. The molecule has 8 rings (SSSR count). The van der Waals surface area contributed by atoms with Crippen LogP contribution in [0.2, 0.25) is 0 Å². The highest BCUT2D eigenvalue weighted by molar-refractivity contribution is 5.95. The van der Waals surface area contributed by atoms with Crippen LogP contribution in [-0.4, -0.2) is 21.0 Å². The van der Waals surface area contributed by atoms with Crippen molar-refractivity contribution in [3.8, 4) is 34.2 Å². The fraction of sp³-hybridized carbons (Fsp3) is 0.103. The second-order valence-electron chi connectivity index (χ2n) is 11.2. The highest BCUT2D eigenvalue weighted by Crippen LogP contribution is 2.50. The smallest absolute Gasteiger partial charge is 0.164 e. The van der Waals surface area contributed by atoms with Gasteiger partial charge in [0.1, 0.15) is 0 Å². The molecular formula is C39H30N4. The van der Waals surface area contributed by atoms with E-state index < -0.39 is 0 Å². The van der Waals surface area contributed by atoms with Gasteiger partial charge < -0.3 is 4.90 Å². The third kappa shape index (κ3) is 4.61. The van der Waals surface area contributed by atoms with E-state index in [1.165, 1.54) is 28.1 Å². The second kappa shape index (κ2) is 10.8. The average molecular weight is 555 g/mol. The third-order valence-corrected chi connectivity index (χ3v) is 8.55. The van der Waals surface area contributed by atoms with Crippen molar-refractivity contribution in [2.24, 2.45) is 5.92 Å². The minimum Gasteiger partial charge on any atom is -0.333 e. The van der Waals surface area contributed by atoms with Gasteiger partial charge in [0.2, 0.25) is 0 Å². The first-order chi connectivity index (χ1) is 21.3. The number of para-hydroxylation sites is 1. The molecule has 0 spiro atoms. The molecule has 5 aromatic rings. The number of rotatable bonds is 5. The van der Waals surface area contributed by atoms with Gasteiger partial charge in [-0.05, 0) is 54.3 Å². The molecule has 0 bridgehead atoms. The van der Waals surface area contributed by atoms with E-state index in [4.69, 9.17) is 15.0 Å². The van der Waals surface area contributed by atoms with E-state index in [2.05, 4.69) is 89.9 Å². The second-order valence-corrected chi connectivity index (χ2v) is 11.2. The molecule has 3 aliphatic rings. The molecule has 1 aromatic heterocycles. The fourth-order valence-corrected chi connectivity index (χ4v) is 6.54. The van der Waals surface area contributed by atoms with Crippen LogP contribution in [-0.2, 0) is 0 Å². The predicted octanol–water partition coefficient (Wildman–Crippen LogP) is 9.24. The van der Waals surface area contributed by atoms with E-state index in [0.717, 1.165) is 29.5 Å². The van der Waals surface area contributed by atoms with Crippen LogP contribution >= 0.6 is 0 Å². The molecular weight excluding hydrogens is 524 g/mol. The Morgan fingerprint density at radius 3 is 1.79 bits per heavy atom. The van der Waals surface area contributed by atoms with E-state index in [0.29, 0.717) is 23.4 Å². The minimum atomic E-state index is 0.272. The SMILES string of the molecule is C1=CCC(C2=C3c4ccccc4N(c4ccc(-c5nc(-c6ccccc6)nc(-c6ccccc6)n5)cc4)C3CC=C2)C=C1. The molecule has 43 heavy (non-hydrogen) atoms. The maximum Gasteiger partial charge on any atom is 0.164 e. The van der Waals surface area contributed by atoms with E-state index in [-0.39, 0.29) is 6.04 Å². The van der Waals surface area contributed by atoms with Crippen molar-refractivity contribution in [2.75, 3.05) is 4.90 Å². The van der Waals surface area contributed by atoms with Crippen molar-refractivity contribution in [1.29, 1.82) is 0 Å². The molecule has 0 radical (unpaired) electrons. The van der Waals surface area contributed by atoms with Crippen molar-refractivity contribution in [3.63, 3.8) is 0 Å². The predicted molar refractivity (Wildman–Crippen MR) is 176 cm³/mol. The molecule has 2 aliphatic carbocycles. The molecule has 2 atom stereocenters. The highest BCUT2D eigenvalue weighted by Gasteiger charge is 2.38. The molecule has 0 fully saturated rings. The molecule has 0 saturated carbocycles. The summed E-state index contributed by atoms with van der Waals surface area (Å²) in [6.45, 7) is 0. The number of allylic oxidation sites excluding steroid dienone is 6. The lowest BCUT2D eigenvalue weighted by atomic mass is 9.81. The van der Waals surface area contributed by atoms with Crippen molar-refractivity contribution in [3.05, 3.63) is 157 Å². The monoisotopic (exact) mass is 554 g/mol. The fourth-order valence-electron chi connectivity index (χ4n) is 6.54. The lowest BCUT2D eigenvalue weighted by Gasteiger charge is -2.31. The first kappa shape index (κ1) is 25.4. The summed E-state index contributed by atoms with van der Waals surface area (Å²) in [5, 5.41) is 0. The van der Waals surface area contributed by atoms with Crippen molar-refractivity contribution in [2.45, 2.75) is 18.9 Å². The molecule has 0 amide bonds. The Kier molecular flexibility index (Phi) is 6.38. The number of benzene rings is 4. The van der Waals surface area contributed by atoms with Crippen LogP contribution in [0, 0.1) is 5.92 Å². The lowest BCUT2D eigenvalue weighted by Crippen LogP contribution is -2.28. The number of fused-ring (bicyclic) bond motifs is 3. The number of aromatic nitrogens is 3. The van der Waals surface area contributed by atoms with E-state index in [9.17, 15) is 0 Å². The lowest BCUT2D eigenvalue weighted by molar-refractivity contribution is 0.753. The molecule has 206 valence electrons. The number of anilines is 2. The van der Waals surface area contributed by atoms with E-state index in [1.807, 2.05) is 60.7 Å². The third-order valence-electron chi connectivity index (χ3n) is 8.55. The van der Waals surface area contributed by atoms with Gasteiger partial charge in [-0.2, -0.15) is 0 Å². The van der Waals surface area contributed by atoms with Crippen LogP contribution in [0.5, 0.6) is 0 Å². The largest absolute Gasteiger partial charge is 0.333 e. The van der Waals surface area contributed by atoms with Gasteiger partial charge in [0.05, 0.1) is 6.04 Å². The normalized spacial score (nSPS) is 18.6. The first-order valence-electron chi connectivity index (χ1n) is 14.9. The number of hydrogen-bond donors (Lipinski definition) is 0. The summed E-state index contributed by atoms with van der Waals surface area (Å²) in [5.74, 6) is 2.42. The summed E-state index contributed by atoms with van der Waals surface area (Å²) in [4.78, 5) is 17.2. The Labute approximate surface area is 252 Å². The quantitative estimate of drug-likeness (QED) is 0.217. The molecule has 0 saturated heterocycles. The first-order valence-corrected chi connectivity index (χ1v) is 14.9. The van der Waals surface area contributed by atoms with Gasteiger partial charge in [-0.25, -0.2) is 15.0 Å². The number of nitrogens with zero attached hydrogens (tertiary/aromatic N) is 4. The highest BCUT2D eigenvalue weighted by atomic mass is 15.2. The van der Waals surface area contributed by atoms with Crippen LogP contribution in [0.15, 0.2) is 151 Å². The standard InChI is InChI=1S/C39H30N4/c1-4-13-27(14-5-1)32-20-12-22-35-36(32)33-19-10-11-21-34(33)43(35)31-25-23-30(24-26-31)39-41-37(28-15-6-2-7-16-28)40-38(42-39)29-17-8-3-9-18-29/h1-13,15-21,23-27,35H,14,22H2. The van der Waals surface area contributed by atoms with E-state index in [1.54, 1.807) is 0 Å². The summed E-state index contributed by atoms with van der Waals surface area (Å²) in [5.41, 5.74) is 9.59. The van der Waals surface area contributed by atoms with Crippen molar-refractivity contribution < 1.29 is 0 Å². The van der Waals surface area contributed by atoms with E-state index >= 15 is 0 Å². The van der Waals surface area contributed by atoms with Gasteiger partial charge in [0.25, 0.3) is 0 Å². The van der Waals surface area contributed by atoms with Gasteiger partial charge in [-0.1, -0.05) is 115 Å². The van der Waals surface area contributed by atoms with Gasteiger partial charge in [0.15, 0.2) is 17.5 Å². The van der Waals surface area contributed by atoms with Crippen LogP contribution in [0.25, 0.3) is 39.7 Å². The average Bonchev–Trinajstić information content (AvgIpc) is 3.44. The van der Waals surface area contributed by atoms with Gasteiger partial charge >= 0.3 is 0 Å². The molecule has 4 heteroatoms. The van der Waals surface area contributed by atoms with Crippen molar-refractivity contribution >= 4 is 16.9 Å². The topological polar surface area (TPSA) is 41.9 Å².